The van der Waals surface area contributed by atoms with Crippen LogP contribution in [-0.2, 0) is 9.59 Å². The molecule has 0 radical (unpaired) electrons. The van der Waals surface area contributed by atoms with E-state index < -0.39 is 6.04 Å². The van der Waals surface area contributed by atoms with Crippen LogP contribution < -0.4 is 14.5 Å². The van der Waals surface area contributed by atoms with E-state index in [2.05, 4.69) is 9.80 Å². The minimum absolute atomic E-state index is 0.154. The number of amides is 2. The molecular formula is C21H22ClN3O3. The number of hydrogen-bond donors (Lipinski definition) is 0. The fourth-order valence-electron chi connectivity index (χ4n) is 3.87. The van der Waals surface area contributed by atoms with Gasteiger partial charge in [0.25, 0.3) is 5.91 Å². The van der Waals surface area contributed by atoms with E-state index in [1.165, 1.54) is 4.90 Å². The monoisotopic (exact) mass is 399 g/mol. The average Bonchev–Trinajstić information content (AvgIpc) is 3.03. The van der Waals surface area contributed by atoms with Crippen molar-refractivity contribution >= 4 is 34.8 Å². The van der Waals surface area contributed by atoms with Crippen molar-refractivity contribution in [2.45, 2.75) is 12.5 Å². The Kier molecular flexibility index (Phi) is 5.24. The van der Waals surface area contributed by atoms with Crippen LogP contribution in [0.2, 0.25) is 5.02 Å². The topological polar surface area (TPSA) is 53.1 Å². The molecule has 7 heteroatoms. The summed E-state index contributed by atoms with van der Waals surface area (Å²) in [7, 11) is 1.57. The lowest BCUT2D eigenvalue weighted by molar-refractivity contribution is -0.123. The molecule has 28 heavy (non-hydrogen) atoms. The highest BCUT2D eigenvalue weighted by Gasteiger charge is 2.43. The number of methoxy groups -OCH3 is 1. The molecule has 2 aliphatic rings. The van der Waals surface area contributed by atoms with Crippen molar-refractivity contribution in [1.29, 1.82) is 0 Å². The van der Waals surface area contributed by atoms with Crippen molar-refractivity contribution in [2.24, 2.45) is 0 Å². The average molecular weight is 400 g/mol. The second-order valence-corrected chi connectivity index (χ2v) is 7.42. The third-order valence-electron chi connectivity index (χ3n) is 5.38. The second kappa shape index (κ2) is 7.81. The van der Waals surface area contributed by atoms with E-state index >= 15 is 0 Å². The van der Waals surface area contributed by atoms with Gasteiger partial charge in [-0.1, -0.05) is 17.7 Å². The van der Waals surface area contributed by atoms with E-state index in [0.717, 1.165) is 36.9 Å². The minimum Gasteiger partial charge on any atom is -0.497 e. The molecule has 2 aliphatic heterocycles. The van der Waals surface area contributed by atoms with Crippen LogP contribution in [0.25, 0.3) is 0 Å². The van der Waals surface area contributed by atoms with Crippen LogP contribution in [0.15, 0.2) is 48.5 Å². The lowest BCUT2D eigenvalue weighted by atomic mass is 10.1. The zero-order valence-electron chi connectivity index (χ0n) is 15.7. The first kappa shape index (κ1) is 18.8. The Hall–Kier alpha value is -2.57. The fourth-order valence-corrected chi connectivity index (χ4v) is 3.99. The molecule has 2 aromatic rings. The van der Waals surface area contributed by atoms with Crippen molar-refractivity contribution in [3.8, 4) is 5.75 Å². The van der Waals surface area contributed by atoms with E-state index in [9.17, 15) is 9.59 Å². The maximum atomic E-state index is 13.0. The molecule has 146 valence electrons. The molecule has 0 aromatic heterocycles. The Bertz CT molecular complexity index is 879. The maximum absolute atomic E-state index is 13.0. The summed E-state index contributed by atoms with van der Waals surface area (Å²) in [6.45, 7) is 3.08. The molecule has 0 saturated carbocycles. The molecule has 2 saturated heterocycles. The molecule has 2 heterocycles. The van der Waals surface area contributed by atoms with Gasteiger partial charge in [-0.15, -0.1) is 0 Å². The van der Waals surface area contributed by atoms with Crippen molar-refractivity contribution < 1.29 is 14.3 Å². The Balaban J connectivity index is 1.44. The molecule has 0 unspecified atom stereocenters. The highest BCUT2D eigenvalue weighted by Crippen LogP contribution is 2.29. The van der Waals surface area contributed by atoms with E-state index in [-0.39, 0.29) is 18.2 Å². The number of carbonyl (C=O) groups excluding carboxylic acids is 2. The van der Waals surface area contributed by atoms with Crippen molar-refractivity contribution in [3.63, 3.8) is 0 Å². The van der Waals surface area contributed by atoms with Gasteiger partial charge in [0.2, 0.25) is 5.91 Å². The van der Waals surface area contributed by atoms with Crippen molar-refractivity contribution in [2.75, 3.05) is 43.1 Å². The first-order chi connectivity index (χ1) is 13.6. The zero-order valence-corrected chi connectivity index (χ0v) is 16.4. The van der Waals surface area contributed by atoms with Crippen molar-refractivity contribution in [1.82, 2.24) is 4.90 Å². The van der Waals surface area contributed by atoms with Crippen LogP contribution in [0, 0.1) is 0 Å². The molecular weight excluding hydrogens is 378 g/mol. The number of piperazine rings is 1. The largest absolute Gasteiger partial charge is 0.497 e. The third kappa shape index (κ3) is 3.57. The quantitative estimate of drug-likeness (QED) is 0.740. The van der Waals surface area contributed by atoms with Gasteiger partial charge in [0.05, 0.1) is 25.3 Å². The molecule has 2 fully saturated rings. The molecule has 2 aromatic carbocycles. The summed E-state index contributed by atoms with van der Waals surface area (Å²) in [4.78, 5) is 31.2. The lowest BCUT2D eigenvalue weighted by Crippen LogP contribution is -2.52. The highest BCUT2D eigenvalue weighted by atomic mass is 35.5. The summed E-state index contributed by atoms with van der Waals surface area (Å²) in [6, 6.07) is 14.4. The van der Waals surface area contributed by atoms with Crippen LogP contribution in [-0.4, -0.2) is 56.0 Å². The molecule has 4 rings (SSSR count). The Morgan fingerprint density at radius 3 is 2.36 bits per heavy atom. The third-order valence-corrected chi connectivity index (χ3v) is 5.63. The normalized spacial score (nSPS) is 20.7. The van der Waals surface area contributed by atoms with Gasteiger partial charge in [-0.25, -0.2) is 4.90 Å². The van der Waals surface area contributed by atoms with Gasteiger partial charge in [0.15, 0.2) is 0 Å². The smallest absolute Gasteiger partial charge is 0.251 e. The first-order valence-electron chi connectivity index (χ1n) is 9.32. The fraction of sp³-hybridized carbons (Fsp3) is 0.333. The lowest BCUT2D eigenvalue weighted by Gasteiger charge is -2.38. The summed E-state index contributed by atoms with van der Waals surface area (Å²) in [5, 5.41) is 0.718. The molecule has 0 aliphatic carbocycles. The highest BCUT2D eigenvalue weighted by molar-refractivity contribution is 6.30. The van der Waals surface area contributed by atoms with Gasteiger partial charge in [-0.05, 0) is 36.4 Å². The van der Waals surface area contributed by atoms with Gasteiger partial charge in [-0.3, -0.25) is 14.5 Å². The van der Waals surface area contributed by atoms with Crippen molar-refractivity contribution in [3.05, 3.63) is 53.6 Å². The number of hydrogen-bond acceptors (Lipinski definition) is 5. The van der Waals surface area contributed by atoms with Gasteiger partial charge >= 0.3 is 0 Å². The molecule has 2 amide bonds. The molecule has 1 atom stereocenters. The summed E-state index contributed by atoms with van der Waals surface area (Å²) in [5.41, 5.74) is 1.69. The standard InChI is InChI=1S/C21H22ClN3O3/c1-28-18-4-2-3-17(13-18)25-20(26)14-19(21(25)27)24-11-9-23(10-12-24)16-7-5-15(22)6-8-16/h2-8,13,19H,9-12,14H2,1H3/t19-/m0/s1. The Labute approximate surface area is 169 Å². The summed E-state index contributed by atoms with van der Waals surface area (Å²) in [6.07, 6.45) is 0.219. The van der Waals surface area contributed by atoms with Crippen LogP contribution >= 0.6 is 11.6 Å². The SMILES string of the molecule is COc1cccc(N2C(=O)C[C@H](N3CCN(c4ccc(Cl)cc4)CC3)C2=O)c1. The van der Waals surface area contributed by atoms with E-state index in [4.69, 9.17) is 16.3 Å². The Morgan fingerprint density at radius 2 is 1.68 bits per heavy atom. The minimum atomic E-state index is -0.397. The number of carbonyl (C=O) groups is 2. The van der Waals surface area contributed by atoms with Gasteiger partial charge < -0.3 is 9.64 Å². The predicted octanol–water partition coefficient (Wildman–Crippen LogP) is 2.80. The van der Waals surface area contributed by atoms with E-state index in [1.807, 2.05) is 24.3 Å². The van der Waals surface area contributed by atoms with Crippen LogP contribution in [0.3, 0.4) is 0 Å². The predicted molar refractivity (Wildman–Crippen MR) is 109 cm³/mol. The number of nitrogens with zero attached hydrogens (tertiary/aromatic N) is 3. The van der Waals surface area contributed by atoms with Crippen LogP contribution in [0.1, 0.15) is 6.42 Å². The van der Waals surface area contributed by atoms with Crippen LogP contribution in [0.4, 0.5) is 11.4 Å². The number of anilines is 2. The molecule has 6 nitrogen and oxygen atoms in total. The molecule has 0 bridgehead atoms. The molecule has 0 spiro atoms. The molecule has 0 N–H and O–H groups in total. The number of imide groups is 1. The number of rotatable bonds is 4. The van der Waals surface area contributed by atoms with Crippen LogP contribution in [0.5, 0.6) is 5.75 Å². The van der Waals surface area contributed by atoms with Gasteiger partial charge in [-0.2, -0.15) is 0 Å². The summed E-state index contributed by atoms with van der Waals surface area (Å²) < 4.78 is 5.22. The van der Waals surface area contributed by atoms with Gasteiger partial charge in [0.1, 0.15) is 5.75 Å². The zero-order chi connectivity index (χ0) is 19.7. The second-order valence-electron chi connectivity index (χ2n) is 6.99. The van der Waals surface area contributed by atoms with E-state index in [1.54, 1.807) is 31.4 Å². The number of ether oxygens (including phenoxy) is 1. The number of benzene rings is 2. The summed E-state index contributed by atoms with van der Waals surface area (Å²) >= 11 is 5.96. The number of halogens is 1. The first-order valence-corrected chi connectivity index (χ1v) is 9.70. The van der Waals surface area contributed by atoms with Gasteiger partial charge in [0, 0.05) is 43.0 Å². The van der Waals surface area contributed by atoms with E-state index in [0.29, 0.717) is 11.4 Å². The summed E-state index contributed by atoms with van der Waals surface area (Å²) in [5.74, 6) is 0.305. The Morgan fingerprint density at radius 1 is 0.964 bits per heavy atom. The maximum Gasteiger partial charge on any atom is 0.251 e.